The summed E-state index contributed by atoms with van der Waals surface area (Å²) in [5.74, 6) is 0.123. The summed E-state index contributed by atoms with van der Waals surface area (Å²) in [7, 11) is 0. The van der Waals surface area contributed by atoms with Crippen molar-refractivity contribution in [3.05, 3.63) is 35.4 Å². The molecule has 106 valence electrons. The Morgan fingerprint density at radius 3 is 2.05 bits per heavy atom. The largest absolute Gasteiger partial charge is 0.319 e. The Morgan fingerprint density at radius 2 is 1.63 bits per heavy atom. The molecule has 1 aromatic carbocycles. The van der Waals surface area contributed by atoms with Crippen LogP contribution in [0.3, 0.4) is 0 Å². The lowest BCUT2D eigenvalue weighted by molar-refractivity contribution is -0.123. The van der Waals surface area contributed by atoms with Crippen molar-refractivity contribution in [2.75, 3.05) is 0 Å². The number of benzene rings is 1. The second-order valence-electron chi connectivity index (χ2n) is 6.71. The van der Waals surface area contributed by atoms with E-state index < -0.39 is 5.54 Å². The third-order valence-electron chi connectivity index (χ3n) is 3.59. The van der Waals surface area contributed by atoms with Gasteiger partial charge < -0.3 is 5.73 Å². The minimum Gasteiger partial charge on any atom is -0.319 e. The van der Waals surface area contributed by atoms with Crippen LogP contribution in [-0.4, -0.2) is 11.3 Å². The maximum absolute atomic E-state index is 12.2. The number of hydrogen-bond donors (Lipinski definition) is 1. The Bertz CT molecular complexity index is 424. The van der Waals surface area contributed by atoms with Gasteiger partial charge in [0, 0.05) is 6.42 Å². The molecule has 0 aliphatic heterocycles. The molecule has 1 unspecified atom stereocenters. The summed E-state index contributed by atoms with van der Waals surface area (Å²) in [6.45, 7) is 10.4. The molecule has 0 saturated carbocycles. The zero-order valence-corrected chi connectivity index (χ0v) is 12.9. The minimum atomic E-state index is -0.697. The summed E-state index contributed by atoms with van der Waals surface area (Å²) < 4.78 is 0. The van der Waals surface area contributed by atoms with Gasteiger partial charge in [0.2, 0.25) is 0 Å². The molecular weight excluding hydrogens is 234 g/mol. The number of ketones is 1. The molecule has 2 heteroatoms. The van der Waals surface area contributed by atoms with Crippen LogP contribution in [0, 0.1) is 0 Å². The van der Waals surface area contributed by atoms with E-state index >= 15 is 0 Å². The van der Waals surface area contributed by atoms with Crippen molar-refractivity contribution in [2.24, 2.45) is 5.73 Å². The average molecular weight is 261 g/mol. The standard InChI is InChI=1S/C17H27NO/c1-6-11-17(5,18)15(19)12-13-7-9-14(10-8-13)16(2,3)4/h7-10H,6,11-12,18H2,1-5H3. The molecule has 2 N–H and O–H groups in total. The molecule has 1 atom stereocenters. The van der Waals surface area contributed by atoms with Crippen LogP contribution in [-0.2, 0) is 16.6 Å². The average Bonchev–Trinajstić information content (AvgIpc) is 2.28. The van der Waals surface area contributed by atoms with Crippen LogP contribution in [0.5, 0.6) is 0 Å². The maximum Gasteiger partial charge on any atom is 0.156 e. The molecule has 0 aliphatic carbocycles. The monoisotopic (exact) mass is 261 g/mol. The molecular formula is C17H27NO. The Balaban J connectivity index is 2.76. The normalized spacial score (nSPS) is 15.1. The van der Waals surface area contributed by atoms with E-state index in [9.17, 15) is 4.79 Å². The van der Waals surface area contributed by atoms with E-state index in [1.807, 2.05) is 19.1 Å². The Morgan fingerprint density at radius 1 is 1.11 bits per heavy atom. The van der Waals surface area contributed by atoms with Crippen LogP contribution in [0.25, 0.3) is 0 Å². The SMILES string of the molecule is CCCC(C)(N)C(=O)Cc1ccc(C(C)(C)C)cc1. The molecule has 0 bridgehead atoms. The smallest absolute Gasteiger partial charge is 0.156 e. The molecule has 19 heavy (non-hydrogen) atoms. The zero-order chi connectivity index (χ0) is 14.7. The van der Waals surface area contributed by atoms with Crippen molar-refractivity contribution in [2.45, 2.75) is 64.8 Å². The zero-order valence-electron chi connectivity index (χ0n) is 12.9. The van der Waals surface area contributed by atoms with Gasteiger partial charge in [0.15, 0.2) is 5.78 Å². The fourth-order valence-electron chi connectivity index (χ4n) is 2.17. The van der Waals surface area contributed by atoms with Gasteiger partial charge in [-0.05, 0) is 29.9 Å². The van der Waals surface area contributed by atoms with Crippen LogP contribution in [0.15, 0.2) is 24.3 Å². The second kappa shape index (κ2) is 5.87. The highest BCUT2D eigenvalue weighted by molar-refractivity contribution is 5.89. The molecule has 2 nitrogen and oxygen atoms in total. The fourth-order valence-corrected chi connectivity index (χ4v) is 2.17. The summed E-state index contributed by atoms with van der Waals surface area (Å²) in [6, 6.07) is 8.30. The highest BCUT2D eigenvalue weighted by Crippen LogP contribution is 2.23. The Labute approximate surface area is 117 Å². The van der Waals surface area contributed by atoms with Crippen molar-refractivity contribution >= 4 is 5.78 Å². The quantitative estimate of drug-likeness (QED) is 0.879. The summed E-state index contributed by atoms with van der Waals surface area (Å²) in [5.41, 5.74) is 7.85. The lowest BCUT2D eigenvalue weighted by Gasteiger charge is -2.23. The van der Waals surface area contributed by atoms with Gasteiger partial charge in [-0.25, -0.2) is 0 Å². The number of rotatable bonds is 5. The van der Waals surface area contributed by atoms with E-state index in [2.05, 4.69) is 39.8 Å². The van der Waals surface area contributed by atoms with E-state index in [0.717, 1.165) is 18.4 Å². The highest BCUT2D eigenvalue weighted by atomic mass is 16.1. The molecule has 0 fully saturated rings. The lowest BCUT2D eigenvalue weighted by Crippen LogP contribution is -2.45. The second-order valence-corrected chi connectivity index (χ2v) is 6.71. The molecule has 1 rings (SSSR count). The first-order valence-electron chi connectivity index (χ1n) is 7.08. The molecule has 0 saturated heterocycles. The van der Waals surface area contributed by atoms with E-state index in [4.69, 9.17) is 5.73 Å². The van der Waals surface area contributed by atoms with Crippen LogP contribution in [0.4, 0.5) is 0 Å². The third kappa shape index (κ3) is 4.46. The van der Waals surface area contributed by atoms with Crippen LogP contribution in [0.1, 0.15) is 58.6 Å². The molecule has 1 aromatic rings. The number of Topliss-reactive ketones (excluding diaryl/α,β-unsaturated/α-hetero) is 1. The summed E-state index contributed by atoms with van der Waals surface area (Å²) in [6.07, 6.45) is 2.10. The van der Waals surface area contributed by atoms with Gasteiger partial charge >= 0.3 is 0 Å². The van der Waals surface area contributed by atoms with Crippen LogP contribution in [0.2, 0.25) is 0 Å². The molecule has 0 spiro atoms. The van der Waals surface area contributed by atoms with Gasteiger partial charge in [0.25, 0.3) is 0 Å². The van der Waals surface area contributed by atoms with E-state index in [1.54, 1.807) is 0 Å². The van der Waals surface area contributed by atoms with Gasteiger partial charge in [0.05, 0.1) is 5.54 Å². The van der Waals surface area contributed by atoms with Gasteiger partial charge in [-0.15, -0.1) is 0 Å². The fraction of sp³-hybridized carbons (Fsp3) is 0.588. The Hall–Kier alpha value is -1.15. The first kappa shape index (κ1) is 15.9. The number of carbonyl (C=O) groups excluding carboxylic acids is 1. The summed E-state index contributed by atoms with van der Waals surface area (Å²) in [4.78, 5) is 12.2. The van der Waals surface area contributed by atoms with E-state index in [1.165, 1.54) is 5.56 Å². The van der Waals surface area contributed by atoms with Gasteiger partial charge in [-0.2, -0.15) is 0 Å². The number of carbonyl (C=O) groups is 1. The van der Waals surface area contributed by atoms with Gasteiger partial charge in [-0.1, -0.05) is 58.4 Å². The third-order valence-corrected chi connectivity index (χ3v) is 3.59. The first-order chi connectivity index (χ1) is 8.66. The molecule has 0 amide bonds. The van der Waals surface area contributed by atoms with Crippen molar-refractivity contribution in [1.29, 1.82) is 0 Å². The van der Waals surface area contributed by atoms with Gasteiger partial charge in [0.1, 0.15) is 0 Å². The predicted molar refractivity (Wildman–Crippen MR) is 81.4 cm³/mol. The highest BCUT2D eigenvalue weighted by Gasteiger charge is 2.26. The first-order valence-corrected chi connectivity index (χ1v) is 7.08. The molecule has 0 radical (unpaired) electrons. The number of nitrogens with two attached hydrogens (primary N) is 1. The topological polar surface area (TPSA) is 43.1 Å². The van der Waals surface area contributed by atoms with Crippen molar-refractivity contribution in [3.63, 3.8) is 0 Å². The van der Waals surface area contributed by atoms with E-state index in [0.29, 0.717) is 6.42 Å². The van der Waals surface area contributed by atoms with E-state index in [-0.39, 0.29) is 11.2 Å². The number of hydrogen-bond acceptors (Lipinski definition) is 2. The molecule has 0 heterocycles. The van der Waals surface area contributed by atoms with Crippen LogP contribution >= 0.6 is 0 Å². The van der Waals surface area contributed by atoms with Gasteiger partial charge in [-0.3, -0.25) is 4.79 Å². The maximum atomic E-state index is 12.2. The van der Waals surface area contributed by atoms with Crippen molar-refractivity contribution in [3.8, 4) is 0 Å². The predicted octanol–water partition coefficient (Wildman–Crippen LogP) is 3.61. The molecule has 0 aromatic heterocycles. The van der Waals surface area contributed by atoms with Crippen LogP contribution < -0.4 is 5.73 Å². The van der Waals surface area contributed by atoms with Crippen molar-refractivity contribution in [1.82, 2.24) is 0 Å². The lowest BCUT2D eigenvalue weighted by atomic mass is 9.85. The minimum absolute atomic E-state index is 0.123. The van der Waals surface area contributed by atoms with Crippen molar-refractivity contribution < 1.29 is 4.79 Å². The Kier molecular flexibility index (Phi) is 4.92. The molecule has 0 aliphatic rings. The summed E-state index contributed by atoms with van der Waals surface area (Å²) in [5, 5.41) is 0. The summed E-state index contributed by atoms with van der Waals surface area (Å²) >= 11 is 0.